The van der Waals surface area contributed by atoms with E-state index in [4.69, 9.17) is 5.73 Å². The highest BCUT2D eigenvalue weighted by atomic mass is 32.1. The van der Waals surface area contributed by atoms with E-state index >= 15 is 0 Å². The molecule has 1 rings (SSSR count). The van der Waals surface area contributed by atoms with Gasteiger partial charge in [0.1, 0.15) is 5.01 Å². The fraction of sp³-hybridized carbons (Fsp3) is 0.714. The number of hydrogen-bond donors (Lipinski definition) is 2. The highest BCUT2D eigenvalue weighted by molar-refractivity contribution is 7.11. The molecular formula is C14H25N3OS. The van der Waals surface area contributed by atoms with Gasteiger partial charge in [0.05, 0.1) is 6.54 Å². The average Bonchev–Trinajstić information content (AvgIpc) is 2.71. The van der Waals surface area contributed by atoms with Gasteiger partial charge in [0.2, 0.25) is 5.91 Å². The smallest absolute Gasteiger partial charge is 0.221 e. The number of thiazole rings is 1. The summed E-state index contributed by atoms with van der Waals surface area (Å²) in [5.74, 6) is 0.00463. The molecule has 1 unspecified atom stereocenters. The Morgan fingerprint density at radius 3 is 2.74 bits per heavy atom. The lowest BCUT2D eigenvalue weighted by Crippen LogP contribution is -2.33. The Balaban J connectivity index is 2.31. The zero-order valence-electron chi connectivity index (χ0n) is 12.3. The maximum Gasteiger partial charge on any atom is 0.221 e. The minimum absolute atomic E-state index is 0.00463. The van der Waals surface area contributed by atoms with Gasteiger partial charge in [-0.3, -0.25) is 4.79 Å². The summed E-state index contributed by atoms with van der Waals surface area (Å²) in [6.45, 7) is 9.00. The summed E-state index contributed by atoms with van der Waals surface area (Å²) in [6, 6.07) is -0.0810. The van der Waals surface area contributed by atoms with Crippen LogP contribution >= 0.6 is 11.3 Å². The first-order valence-corrected chi connectivity index (χ1v) is 7.57. The van der Waals surface area contributed by atoms with Crippen molar-refractivity contribution in [2.45, 2.75) is 59.5 Å². The van der Waals surface area contributed by atoms with E-state index in [9.17, 15) is 4.79 Å². The number of nitrogens with two attached hydrogens (primary N) is 1. The molecule has 0 aliphatic rings. The quantitative estimate of drug-likeness (QED) is 0.842. The molecule has 1 aromatic rings. The highest BCUT2D eigenvalue weighted by Crippen LogP contribution is 2.21. The van der Waals surface area contributed by atoms with Crippen LogP contribution in [0.5, 0.6) is 0 Å². The third kappa shape index (κ3) is 6.68. The lowest BCUT2D eigenvalue weighted by Gasteiger charge is -2.22. The normalized spacial score (nSPS) is 13.3. The summed E-state index contributed by atoms with van der Waals surface area (Å²) >= 11 is 1.65. The number of hydrogen-bond acceptors (Lipinski definition) is 4. The number of aryl methyl sites for hydroxylation is 1. The van der Waals surface area contributed by atoms with E-state index in [1.54, 1.807) is 11.3 Å². The number of nitrogens with zero attached hydrogens (tertiary/aromatic N) is 1. The Hall–Kier alpha value is -0.940. The fourth-order valence-corrected chi connectivity index (χ4v) is 2.74. The van der Waals surface area contributed by atoms with Gasteiger partial charge in [0.25, 0.3) is 0 Å². The highest BCUT2D eigenvalue weighted by Gasteiger charge is 2.18. The van der Waals surface area contributed by atoms with Crippen molar-refractivity contribution in [1.29, 1.82) is 0 Å². The molecule has 0 spiro atoms. The van der Waals surface area contributed by atoms with Crippen molar-refractivity contribution >= 4 is 17.2 Å². The molecule has 0 aromatic carbocycles. The summed E-state index contributed by atoms with van der Waals surface area (Å²) in [5, 5.41) is 3.84. The summed E-state index contributed by atoms with van der Waals surface area (Å²) in [7, 11) is 0. The molecule has 0 saturated carbocycles. The van der Waals surface area contributed by atoms with Crippen molar-refractivity contribution in [3.63, 3.8) is 0 Å². The molecular weight excluding hydrogens is 258 g/mol. The Kier molecular flexibility index (Phi) is 5.94. The zero-order chi connectivity index (χ0) is 14.5. The van der Waals surface area contributed by atoms with Gasteiger partial charge in [-0.1, -0.05) is 27.7 Å². The number of carbonyl (C=O) groups excluding carboxylic acids is 1. The lowest BCUT2D eigenvalue weighted by atomic mass is 9.87. The SMILES string of the molecule is CCc1cnc(CNC(=O)CC(N)CC(C)(C)C)s1. The maximum absolute atomic E-state index is 11.8. The van der Waals surface area contributed by atoms with Crippen LogP contribution in [0.3, 0.4) is 0 Å². The van der Waals surface area contributed by atoms with Gasteiger partial charge in [0.15, 0.2) is 0 Å². The molecule has 4 nitrogen and oxygen atoms in total. The lowest BCUT2D eigenvalue weighted by molar-refractivity contribution is -0.121. The Morgan fingerprint density at radius 2 is 2.21 bits per heavy atom. The molecule has 0 fully saturated rings. The van der Waals surface area contributed by atoms with Gasteiger partial charge < -0.3 is 11.1 Å². The van der Waals surface area contributed by atoms with E-state index in [-0.39, 0.29) is 17.4 Å². The Labute approximate surface area is 119 Å². The Bertz CT molecular complexity index is 409. The van der Waals surface area contributed by atoms with Crippen LogP contribution in [-0.4, -0.2) is 16.9 Å². The third-order valence-electron chi connectivity index (χ3n) is 2.71. The van der Waals surface area contributed by atoms with Crippen LogP contribution in [-0.2, 0) is 17.8 Å². The van der Waals surface area contributed by atoms with Crippen molar-refractivity contribution in [1.82, 2.24) is 10.3 Å². The molecule has 1 atom stereocenters. The minimum Gasteiger partial charge on any atom is -0.350 e. The van der Waals surface area contributed by atoms with E-state index in [1.807, 2.05) is 6.20 Å². The van der Waals surface area contributed by atoms with Crippen molar-refractivity contribution in [3.8, 4) is 0 Å². The molecule has 0 radical (unpaired) electrons. The van der Waals surface area contributed by atoms with Crippen LogP contribution < -0.4 is 11.1 Å². The molecule has 5 heteroatoms. The second-order valence-corrected chi connectivity index (χ2v) is 7.28. The minimum atomic E-state index is -0.0810. The van der Waals surface area contributed by atoms with Crippen LogP contribution in [0.4, 0.5) is 0 Å². The summed E-state index contributed by atoms with van der Waals surface area (Å²) in [4.78, 5) is 17.3. The number of amides is 1. The van der Waals surface area contributed by atoms with Crippen LogP contribution in [0.2, 0.25) is 0 Å². The van der Waals surface area contributed by atoms with Gasteiger partial charge in [0, 0.05) is 23.5 Å². The molecule has 1 amide bonds. The van der Waals surface area contributed by atoms with Gasteiger partial charge in [-0.2, -0.15) is 0 Å². The monoisotopic (exact) mass is 283 g/mol. The molecule has 19 heavy (non-hydrogen) atoms. The first-order valence-electron chi connectivity index (χ1n) is 6.76. The van der Waals surface area contributed by atoms with Gasteiger partial charge >= 0.3 is 0 Å². The molecule has 3 N–H and O–H groups in total. The van der Waals surface area contributed by atoms with E-state index in [1.165, 1.54) is 4.88 Å². The predicted octanol–water partition coefficient (Wildman–Crippen LogP) is 2.48. The second kappa shape index (κ2) is 7.01. The third-order valence-corrected chi connectivity index (χ3v) is 3.85. The number of carbonyl (C=O) groups is 1. The number of aromatic nitrogens is 1. The van der Waals surface area contributed by atoms with Crippen LogP contribution in [0, 0.1) is 5.41 Å². The van der Waals surface area contributed by atoms with Crippen molar-refractivity contribution < 1.29 is 4.79 Å². The van der Waals surface area contributed by atoms with Gasteiger partial charge in [-0.15, -0.1) is 11.3 Å². The van der Waals surface area contributed by atoms with Crippen LogP contribution in [0.1, 0.15) is 50.4 Å². The van der Waals surface area contributed by atoms with E-state index < -0.39 is 0 Å². The molecule has 0 bridgehead atoms. The summed E-state index contributed by atoms with van der Waals surface area (Å²) < 4.78 is 0. The van der Waals surface area contributed by atoms with Crippen molar-refractivity contribution in [2.24, 2.45) is 11.1 Å². The van der Waals surface area contributed by atoms with E-state index in [0.29, 0.717) is 13.0 Å². The molecule has 0 aliphatic heterocycles. The first-order chi connectivity index (χ1) is 8.80. The van der Waals surface area contributed by atoms with Gasteiger partial charge in [-0.25, -0.2) is 4.98 Å². The van der Waals surface area contributed by atoms with E-state index in [2.05, 4.69) is 38.0 Å². The molecule has 108 valence electrons. The average molecular weight is 283 g/mol. The number of rotatable bonds is 6. The van der Waals surface area contributed by atoms with Crippen molar-refractivity contribution in [2.75, 3.05) is 0 Å². The topological polar surface area (TPSA) is 68.0 Å². The molecule has 0 aliphatic carbocycles. The zero-order valence-corrected chi connectivity index (χ0v) is 13.1. The Morgan fingerprint density at radius 1 is 1.53 bits per heavy atom. The standard InChI is InChI=1S/C14H25N3OS/c1-5-11-8-17-13(19-11)9-16-12(18)6-10(15)7-14(2,3)4/h8,10H,5-7,9,15H2,1-4H3,(H,16,18). The summed E-state index contributed by atoms with van der Waals surface area (Å²) in [5.41, 5.74) is 6.14. The second-order valence-electron chi connectivity index (χ2n) is 6.08. The van der Waals surface area contributed by atoms with Crippen LogP contribution in [0.15, 0.2) is 6.20 Å². The number of nitrogens with one attached hydrogen (secondary N) is 1. The fourth-order valence-electron chi connectivity index (χ4n) is 1.94. The van der Waals surface area contributed by atoms with Crippen LogP contribution in [0.25, 0.3) is 0 Å². The predicted molar refractivity (Wildman–Crippen MR) is 80.0 cm³/mol. The molecule has 1 heterocycles. The van der Waals surface area contributed by atoms with Gasteiger partial charge in [-0.05, 0) is 18.3 Å². The van der Waals surface area contributed by atoms with Crippen molar-refractivity contribution in [3.05, 3.63) is 16.1 Å². The summed E-state index contributed by atoms with van der Waals surface area (Å²) in [6.07, 6.45) is 4.08. The van der Waals surface area contributed by atoms with E-state index in [0.717, 1.165) is 17.8 Å². The molecule has 1 aromatic heterocycles. The maximum atomic E-state index is 11.8. The molecule has 0 saturated heterocycles. The largest absolute Gasteiger partial charge is 0.350 e. The first kappa shape index (κ1) is 16.1.